The smallest absolute Gasteiger partial charge is 0.355 e. The third-order valence-electron chi connectivity index (χ3n) is 5.71. The molecule has 3 amide bonds. The van der Waals surface area contributed by atoms with Crippen molar-refractivity contribution in [2.24, 2.45) is 11.8 Å². The summed E-state index contributed by atoms with van der Waals surface area (Å²) in [6, 6.07) is 5.25. The summed E-state index contributed by atoms with van der Waals surface area (Å²) >= 11 is 6.06. The predicted molar refractivity (Wildman–Crippen MR) is 139 cm³/mol. The van der Waals surface area contributed by atoms with Crippen molar-refractivity contribution in [2.75, 3.05) is 0 Å². The number of halogens is 1. The van der Waals surface area contributed by atoms with Crippen LogP contribution in [-0.4, -0.2) is 56.4 Å². The molecule has 0 radical (unpaired) electrons. The number of carbonyl (C=O) groups is 4. The summed E-state index contributed by atoms with van der Waals surface area (Å²) in [6.07, 6.45) is 2.09. The Balaban J connectivity index is 2.36. The molecular weight excluding hydrogens is 554 g/mol. The van der Waals surface area contributed by atoms with E-state index in [9.17, 15) is 32.7 Å². The van der Waals surface area contributed by atoms with Gasteiger partial charge in [0.05, 0.1) is 4.90 Å². The quantitative estimate of drug-likeness (QED) is 0.165. The Hall–Kier alpha value is -3.49. The highest BCUT2D eigenvalue weighted by molar-refractivity contribution is 7.89. The van der Waals surface area contributed by atoms with Gasteiger partial charge in [0, 0.05) is 19.9 Å². The molecule has 0 aliphatic heterocycles. The second-order valence-corrected chi connectivity index (χ2v) is 11.4. The highest BCUT2D eigenvalue weighted by atomic mass is 35.5. The molecule has 1 heterocycles. The van der Waals surface area contributed by atoms with Crippen LogP contribution < -0.4 is 10.9 Å². The fourth-order valence-electron chi connectivity index (χ4n) is 3.79. The van der Waals surface area contributed by atoms with Crippen molar-refractivity contribution in [1.29, 1.82) is 0 Å². The number of hydrogen-bond donors (Lipinski definition) is 4. The van der Waals surface area contributed by atoms with E-state index in [0.717, 1.165) is 19.8 Å². The van der Waals surface area contributed by atoms with Gasteiger partial charge in [-0.15, -0.1) is 4.41 Å². The van der Waals surface area contributed by atoms with E-state index in [1.54, 1.807) is 13.8 Å². The number of benzene rings is 1. The average molecular weight is 586 g/mol. The van der Waals surface area contributed by atoms with E-state index in [-0.39, 0.29) is 39.0 Å². The number of aromatic carboxylic acids is 1. The molecule has 2 aromatic rings. The maximum absolute atomic E-state index is 13.2. The lowest BCUT2D eigenvalue weighted by Crippen LogP contribution is -2.52. The number of carboxylic acids is 1. The number of rotatable bonds is 12. The molecule has 0 fully saturated rings. The van der Waals surface area contributed by atoms with E-state index in [2.05, 4.69) is 4.98 Å². The Morgan fingerprint density at radius 1 is 1.13 bits per heavy atom. The molecule has 0 spiro atoms. The maximum Gasteiger partial charge on any atom is 0.355 e. The van der Waals surface area contributed by atoms with Gasteiger partial charge < -0.3 is 9.67 Å². The monoisotopic (exact) mass is 585 g/mol. The first-order valence-electron chi connectivity index (χ1n) is 12.1. The molecule has 1 aromatic heterocycles. The SMILES string of the molecule is CCCCc1nc(Cl)c(C(=O)O)n1Cc1ccc(S(=O)(=O)N(NC(=O)C(CC(C)C)C(=O)NO)C(C)=O)cc1. The molecule has 4 N–H and O–H groups in total. The zero-order chi connectivity index (χ0) is 29.5. The van der Waals surface area contributed by atoms with E-state index in [0.29, 0.717) is 17.8 Å². The number of carboxylic acid groups (broad SMARTS) is 1. The Morgan fingerprint density at radius 2 is 1.74 bits per heavy atom. The number of nitrogens with one attached hydrogen (secondary N) is 2. The number of hydrogen-bond acceptors (Lipinski definition) is 8. The van der Waals surface area contributed by atoms with Crippen LogP contribution in [0, 0.1) is 11.8 Å². The third kappa shape index (κ3) is 7.77. The number of imidazole rings is 1. The molecule has 0 saturated heterocycles. The number of unbranched alkanes of at least 4 members (excludes halogenated alkanes) is 1. The number of nitrogens with zero attached hydrogens (tertiary/aromatic N) is 3. The molecule has 15 heteroatoms. The lowest BCUT2D eigenvalue weighted by molar-refractivity contribution is -0.145. The first-order chi connectivity index (χ1) is 18.2. The third-order valence-corrected chi connectivity index (χ3v) is 7.67. The summed E-state index contributed by atoms with van der Waals surface area (Å²) in [5.41, 5.74) is 3.69. The summed E-state index contributed by atoms with van der Waals surface area (Å²) in [5, 5.41) is 18.4. The number of hydrazine groups is 1. The Morgan fingerprint density at radius 3 is 2.23 bits per heavy atom. The number of carbonyl (C=O) groups excluding carboxylic acids is 3. The molecule has 39 heavy (non-hydrogen) atoms. The minimum atomic E-state index is -4.59. The molecule has 1 unspecified atom stereocenters. The van der Waals surface area contributed by atoms with E-state index in [1.165, 1.54) is 34.3 Å². The van der Waals surface area contributed by atoms with Crippen molar-refractivity contribution in [3.63, 3.8) is 0 Å². The first kappa shape index (κ1) is 31.7. The van der Waals surface area contributed by atoms with Crippen molar-refractivity contribution in [1.82, 2.24) is 24.9 Å². The highest BCUT2D eigenvalue weighted by Crippen LogP contribution is 2.22. The summed E-state index contributed by atoms with van der Waals surface area (Å²) in [7, 11) is -4.59. The van der Waals surface area contributed by atoms with Gasteiger partial charge in [-0.25, -0.2) is 20.7 Å². The zero-order valence-corrected chi connectivity index (χ0v) is 23.5. The van der Waals surface area contributed by atoms with Crippen LogP contribution in [0.5, 0.6) is 0 Å². The number of aryl methyl sites for hydroxylation is 1. The Kier molecular flexibility index (Phi) is 11.0. The number of aromatic nitrogens is 2. The average Bonchev–Trinajstić information content (AvgIpc) is 3.18. The van der Waals surface area contributed by atoms with Gasteiger partial charge in [-0.3, -0.25) is 19.6 Å². The molecular formula is C24H32ClN5O8S. The van der Waals surface area contributed by atoms with Gasteiger partial charge in [-0.2, -0.15) is 8.42 Å². The molecule has 1 aromatic carbocycles. The van der Waals surface area contributed by atoms with Gasteiger partial charge in [-0.1, -0.05) is 50.9 Å². The molecule has 0 saturated carbocycles. The van der Waals surface area contributed by atoms with Crippen LogP contribution in [0.4, 0.5) is 0 Å². The Labute approximate surface area is 231 Å². The lowest BCUT2D eigenvalue weighted by atomic mass is 9.96. The van der Waals surface area contributed by atoms with Crippen molar-refractivity contribution < 1.29 is 37.9 Å². The molecule has 214 valence electrons. The fraction of sp³-hybridized carbons (Fsp3) is 0.458. The summed E-state index contributed by atoms with van der Waals surface area (Å²) in [4.78, 5) is 52.5. The first-order valence-corrected chi connectivity index (χ1v) is 13.9. The normalized spacial score (nSPS) is 12.2. The van der Waals surface area contributed by atoms with Gasteiger partial charge >= 0.3 is 5.97 Å². The van der Waals surface area contributed by atoms with Gasteiger partial charge in [0.25, 0.3) is 27.7 Å². The van der Waals surface area contributed by atoms with Crippen LogP contribution in [-0.2, 0) is 37.4 Å². The number of hydroxylamine groups is 1. The van der Waals surface area contributed by atoms with E-state index in [1.807, 2.05) is 12.3 Å². The zero-order valence-electron chi connectivity index (χ0n) is 22.0. The largest absolute Gasteiger partial charge is 0.476 e. The molecule has 1 atom stereocenters. The minimum absolute atomic E-state index is 0.0183. The highest BCUT2D eigenvalue weighted by Gasteiger charge is 2.34. The predicted octanol–water partition coefficient (Wildman–Crippen LogP) is 2.36. The van der Waals surface area contributed by atoms with Crippen LogP contribution in [0.2, 0.25) is 5.15 Å². The molecule has 0 aliphatic carbocycles. The van der Waals surface area contributed by atoms with Gasteiger partial charge in [0.2, 0.25) is 0 Å². The van der Waals surface area contributed by atoms with Crippen molar-refractivity contribution in [3.05, 3.63) is 46.5 Å². The standard InChI is InChI=1S/C24H32ClN5O8S/c1-5-6-7-19-26-21(25)20(24(34)35)29(19)13-16-8-10-17(11-9-16)39(37,38)30(15(4)31)27-22(32)18(12-14(2)3)23(33)28-36/h8-11,14,18,36H,5-7,12-13H2,1-4H3,(H,27,32)(H,28,33)(H,34,35). The molecule has 2 rings (SSSR count). The summed E-state index contributed by atoms with van der Waals surface area (Å²) in [5.74, 6) is -5.59. The van der Waals surface area contributed by atoms with E-state index < -0.39 is 39.6 Å². The van der Waals surface area contributed by atoms with Crippen molar-refractivity contribution >= 4 is 45.3 Å². The topological polar surface area (TPSA) is 188 Å². The van der Waals surface area contributed by atoms with Crippen LogP contribution in [0.25, 0.3) is 0 Å². The second kappa shape index (κ2) is 13.5. The van der Waals surface area contributed by atoms with Crippen LogP contribution in [0.1, 0.15) is 68.8 Å². The molecule has 0 aliphatic rings. The number of sulfonamides is 1. The van der Waals surface area contributed by atoms with Gasteiger partial charge in [0.1, 0.15) is 11.7 Å². The maximum atomic E-state index is 13.2. The fourth-order valence-corrected chi connectivity index (χ4v) is 5.31. The summed E-state index contributed by atoms with van der Waals surface area (Å²) in [6.45, 7) is 6.38. The second-order valence-electron chi connectivity index (χ2n) is 9.23. The van der Waals surface area contributed by atoms with Crippen molar-refractivity contribution in [3.8, 4) is 0 Å². The van der Waals surface area contributed by atoms with Crippen LogP contribution in [0.15, 0.2) is 29.2 Å². The lowest BCUT2D eigenvalue weighted by Gasteiger charge is -2.24. The van der Waals surface area contributed by atoms with Gasteiger partial charge in [-0.05, 0) is 36.5 Å². The van der Waals surface area contributed by atoms with Crippen molar-refractivity contribution in [2.45, 2.75) is 64.8 Å². The molecule has 13 nitrogen and oxygen atoms in total. The summed E-state index contributed by atoms with van der Waals surface area (Å²) < 4.78 is 28.0. The minimum Gasteiger partial charge on any atom is -0.476 e. The number of amides is 3. The van der Waals surface area contributed by atoms with Gasteiger partial charge in [0.15, 0.2) is 10.8 Å². The molecule has 0 bridgehead atoms. The van der Waals surface area contributed by atoms with E-state index in [4.69, 9.17) is 16.8 Å². The van der Waals surface area contributed by atoms with Crippen LogP contribution >= 0.6 is 11.6 Å². The van der Waals surface area contributed by atoms with E-state index >= 15 is 0 Å². The Bertz CT molecular complexity index is 1320. The van der Waals surface area contributed by atoms with Crippen LogP contribution in [0.3, 0.4) is 0 Å².